The molecule has 0 aliphatic heterocycles. The van der Waals surface area contributed by atoms with Gasteiger partial charge in [0.05, 0.1) is 12.7 Å². The molecule has 1 atom stereocenters. The molecule has 2 nitrogen and oxygen atoms in total. The molecule has 2 aromatic rings. The Morgan fingerprint density at radius 1 is 0.474 bits per heavy atom. The van der Waals surface area contributed by atoms with E-state index in [1.807, 2.05) is 0 Å². The van der Waals surface area contributed by atoms with Crippen LogP contribution in [0.3, 0.4) is 0 Å². The second-order valence-corrected chi connectivity index (χ2v) is 11.2. The van der Waals surface area contributed by atoms with Crippen molar-refractivity contribution in [2.75, 3.05) is 13.2 Å². The lowest BCUT2D eigenvalue weighted by molar-refractivity contribution is 0.0627. The monoisotopic (exact) mass is 522 g/mol. The van der Waals surface area contributed by atoms with E-state index in [1.165, 1.54) is 126 Å². The minimum absolute atomic E-state index is 0.148. The zero-order chi connectivity index (χ0) is 27.1. The fraction of sp³-hybridized carbons (Fsp3) is 0.667. The summed E-state index contributed by atoms with van der Waals surface area (Å²) in [6, 6.07) is 17.4. The Kier molecular flexibility index (Phi) is 18.8. The largest absolute Gasteiger partial charge is 0.494 e. The second-order valence-electron chi connectivity index (χ2n) is 11.2. The highest BCUT2D eigenvalue weighted by Crippen LogP contribution is 2.26. The summed E-state index contributed by atoms with van der Waals surface area (Å²) in [5.74, 6) is 0.973. The topological polar surface area (TPSA) is 18.5 Å². The fourth-order valence-electron chi connectivity index (χ4n) is 5.06. The van der Waals surface area contributed by atoms with E-state index in [0.717, 1.165) is 25.4 Å². The fourth-order valence-corrected chi connectivity index (χ4v) is 5.06. The summed E-state index contributed by atoms with van der Waals surface area (Å²) in [4.78, 5) is 0. The van der Waals surface area contributed by atoms with Gasteiger partial charge in [-0.25, -0.2) is 0 Å². The van der Waals surface area contributed by atoms with E-state index in [1.54, 1.807) is 0 Å². The first-order chi connectivity index (χ1) is 18.7. The predicted octanol–water partition coefficient (Wildman–Crippen LogP) is 11.9. The Morgan fingerprint density at radius 2 is 0.868 bits per heavy atom. The summed E-state index contributed by atoms with van der Waals surface area (Å²) in [5, 5.41) is 0. The molecular weight excluding hydrogens is 464 g/mol. The third kappa shape index (κ3) is 15.0. The van der Waals surface area contributed by atoms with Crippen LogP contribution in [0.4, 0.5) is 0 Å². The first-order valence-corrected chi connectivity index (χ1v) is 16.2. The third-order valence-corrected chi connectivity index (χ3v) is 7.70. The number of hydrogen-bond donors (Lipinski definition) is 0. The van der Waals surface area contributed by atoms with E-state index in [4.69, 9.17) is 9.47 Å². The van der Waals surface area contributed by atoms with Crippen molar-refractivity contribution >= 4 is 0 Å². The zero-order valence-electron chi connectivity index (χ0n) is 25.2. The number of unbranched alkanes of at least 4 members (excludes halogenated alkanes) is 16. The van der Waals surface area contributed by atoms with Crippen molar-refractivity contribution in [2.45, 2.75) is 142 Å². The van der Waals surface area contributed by atoms with Crippen LogP contribution in [0.1, 0.15) is 148 Å². The smallest absolute Gasteiger partial charge is 0.119 e. The molecule has 0 aromatic heterocycles. The molecule has 0 aliphatic rings. The van der Waals surface area contributed by atoms with Gasteiger partial charge in [0.1, 0.15) is 5.75 Å². The van der Waals surface area contributed by atoms with Gasteiger partial charge in [-0.1, -0.05) is 153 Å². The first-order valence-electron chi connectivity index (χ1n) is 16.2. The second kappa shape index (κ2) is 22.1. The van der Waals surface area contributed by atoms with Gasteiger partial charge in [-0.2, -0.15) is 0 Å². The normalized spacial score (nSPS) is 12.1. The van der Waals surface area contributed by atoms with Gasteiger partial charge in [0.15, 0.2) is 0 Å². The van der Waals surface area contributed by atoms with Crippen molar-refractivity contribution in [3.63, 3.8) is 0 Å². The van der Waals surface area contributed by atoms with Gasteiger partial charge in [-0.05, 0) is 48.6 Å². The summed E-state index contributed by atoms with van der Waals surface area (Å²) in [6.45, 7) is 8.41. The summed E-state index contributed by atoms with van der Waals surface area (Å²) in [7, 11) is 0. The first kappa shape index (κ1) is 32.4. The maximum Gasteiger partial charge on any atom is 0.119 e. The standard InChI is InChI=1S/C36H58O2/c1-4-6-8-10-12-13-14-15-17-18-20-30-37-32(3)33-22-24-34(25-23-33)35-26-28-36(29-27-35)38-31-21-19-16-11-9-7-5-2/h22-29,32H,4-21,30-31H2,1-3H3. The van der Waals surface area contributed by atoms with Gasteiger partial charge in [-0.3, -0.25) is 0 Å². The molecule has 0 saturated heterocycles. The van der Waals surface area contributed by atoms with E-state index >= 15 is 0 Å². The van der Waals surface area contributed by atoms with E-state index in [2.05, 4.69) is 69.3 Å². The Bertz CT molecular complexity index is 780. The number of hydrogen-bond acceptors (Lipinski definition) is 2. The van der Waals surface area contributed by atoms with Crippen molar-refractivity contribution < 1.29 is 9.47 Å². The van der Waals surface area contributed by atoms with Crippen LogP contribution < -0.4 is 4.74 Å². The lowest BCUT2D eigenvalue weighted by Crippen LogP contribution is -2.01. The number of ether oxygens (including phenoxy) is 2. The zero-order valence-corrected chi connectivity index (χ0v) is 25.2. The molecule has 0 spiro atoms. The van der Waals surface area contributed by atoms with Crippen LogP contribution >= 0.6 is 0 Å². The Morgan fingerprint density at radius 3 is 1.34 bits per heavy atom. The predicted molar refractivity (Wildman–Crippen MR) is 166 cm³/mol. The molecule has 0 bridgehead atoms. The molecule has 0 amide bonds. The average Bonchev–Trinajstić information content (AvgIpc) is 2.95. The van der Waals surface area contributed by atoms with Crippen LogP contribution in [0.25, 0.3) is 11.1 Å². The van der Waals surface area contributed by atoms with E-state index in [-0.39, 0.29) is 6.10 Å². The van der Waals surface area contributed by atoms with Crippen molar-refractivity contribution in [3.8, 4) is 16.9 Å². The maximum atomic E-state index is 6.13. The van der Waals surface area contributed by atoms with Crippen LogP contribution in [0.2, 0.25) is 0 Å². The van der Waals surface area contributed by atoms with Crippen LogP contribution in [0, 0.1) is 0 Å². The molecular formula is C36H58O2. The van der Waals surface area contributed by atoms with Gasteiger partial charge < -0.3 is 9.47 Å². The Labute approximate surface area is 235 Å². The van der Waals surface area contributed by atoms with Gasteiger partial charge >= 0.3 is 0 Å². The third-order valence-electron chi connectivity index (χ3n) is 7.70. The van der Waals surface area contributed by atoms with Crippen LogP contribution in [0.5, 0.6) is 5.75 Å². The molecule has 214 valence electrons. The van der Waals surface area contributed by atoms with Gasteiger partial charge in [-0.15, -0.1) is 0 Å². The van der Waals surface area contributed by atoms with Crippen LogP contribution in [-0.2, 0) is 4.74 Å². The molecule has 0 heterocycles. The minimum Gasteiger partial charge on any atom is -0.494 e. The SMILES string of the molecule is CCCCCCCCCCCCCOC(C)c1ccc(-c2ccc(OCCCCCCCCC)cc2)cc1. The molecule has 0 aliphatic carbocycles. The molecule has 0 saturated carbocycles. The lowest BCUT2D eigenvalue weighted by Gasteiger charge is -2.14. The molecule has 2 rings (SSSR count). The molecule has 0 fully saturated rings. The molecule has 38 heavy (non-hydrogen) atoms. The van der Waals surface area contributed by atoms with Gasteiger partial charge in [0.25, 0.3) is 0 Å². The number of benzene rings is 2. The maximum absolute atomic E-state index is 6.13. The molecule has 2 aromatic carbocycles. The van der Waals surface area contributed by atoms with Crippen LogP contribution in [0.15, 0.2) is 48.5 Å². The lowest BCUT2D eigenvalue weighted by atomic mass is 10.0. The van der Waals surface area contributed by atoms with Crippen molar-refractivity contribution in [2.24, 2.45) is 0 Å². The van der Waals surface area contributed by atoms with Crippen molar-refractivity contribution in [1.82, 2.24) is 0 Å². The highest BCUT2D eigenvalue weighted by molar-refractivity contribution is 5.64. The van der Waals surface area contributed by atoms with Gasteiger partial charge in [0, 0.05) is 6.61 Å². The quantitative estimate of drug-likeness (QED) is 0.128. The summed E-state index contributed by atoms with van der Waals surface area (Å²) >= 11 is 0. The van der Waals surface area contributed by atoms with Gasteiger partial charge in [0.2, 0.25) is 0 Å². The highest BCUT2D eigenvalue weighted by Gasteiger charge is 2.07. The minimum atomic E-state index is 0.148. The molecule has 0 radical (unpaired) electrons. The molecule has 0 N–H and O–H groups in total. The van der Waals surface area contributed by atoms with Crippen LogP contribution in [-0.4, -0.2) is 13.2 Å². The van der Waals surface area contributed by atoms with E-state index in [9.17, 15) is 0 Å². The summed E-state index contributed by atoms with van der Waals surface area (Å²) in [6.07, 6.45) is 24.4. The van der Waals surface area contributed by atoms with E-state index in [0.29, 0.717) is 0 Å². The van der Waals surface area contributed by atoms with E-state index < -0.39 is 0 Å². The van der Waals surface area contributed by atoms with Crippen molar-refractivity contribution in [1.29, 1.82) is 0 Å². The highest BCUT2D eigenvalue weighted by atomic mass is 16.5. The Balaban J connectivity index is 1.56. The molecule has 1 unspecified atom stereocenters. The Hall–Kier alpha value is -1.80. The average molecular weight is 523 g/mol. The number of rotatable bonds is 24. The molecule has 2 heteroatoms. The van der Waals surface area contributed by atoms with Crippen molar-refractivity contribution in [3.05, 3.63) is 54.1 Å². The summed E-state index contributed by atoms with van der Waals surface area (Å²) < 4.78 is 12.1. The summed E-state index contributed by atoms with van der Waals surface area (Å²) in [5.41, 5.74) is 3.73.